The second-order valence-electron chi connectivity index (χ2n) is 9.65. The van der Waals surface area contributed by atoms with Crippen LogP contribution >= 0.6 is 0 Å². The molecule has 2 fully saturated rings. The molecule has 0 spiro atoms. The minimum Gasteiger partial charge on any atom is -0.465 e. The Bertz CT molecular complexity index is 1050. The van der Waals surface area contributed by atoms with E-state index in [1.165, 1.54) is 42.6 Å². The van der Waals surface area contributed by atoms with Gasteiger partial charge in [-0.3, -0.25) is 9.69 Å². The summed E-state index contributed by atoms with van der Waals surface area (Å²) >= 11 is 0. The fourth-order valence-corrected chi connectivity index (χ4v) is 6.27. The van der Waals surface area contributed by atoms with Gasteiger partial charge >= 0.3 is 6.09 Å². The molecule has 2 aliphatic carbocycles. The zero-order valence-corrected chi connectivity index (χ0v) is 19.1. The minimum atomic E-state index is -0.918. The second-order valence-corrected chi connectivity index (χ2v) is 9.65. The first-order chi connectivity index (χ1) is 15.6. The highest BCUT2D eigenvalue weighted by molar-refractivity contribution is 5.84. The van der Waals surface area contributed by atoms with Crippen LogP contribution in [-0.2, 0) is 19.4 Å². The van der Waals surface area contributed by atoms with Crippen LogP contribution in [0.25, 0.3) is 11.0 Å². The van der Waals surface area contributed by atoms with Crippen LogP contribution in [0.4, 0.5) is 4.79 Å². The maximum absolute atomic E-state index is 12.9. The van der Waals surface area contributed by atoms with Gasteiger partial charge in [0.05, 0.1) is 18.3 Å². The number of nitrogens with one attached hydrogen (secondary N) is 1. The van der Waals surface area contributed by atoms with E-state index in [0.29, 0.717) is 31.7 Å². The number of hydrogen-bond donors (Lipinski definition) is 2. The first-order valence-electron chi connectivity index (χ1n) is 12.5. The molecule has 0 bridgehead atoms. The van der Waals surface area contributed by atoms with Gasteiger partial charge in [-0.05, 0) is 70.4 Å². The smallest absolute Gasteiger partial charge is 0.407 e. The van der Waals surface area contributed by atoms with Crippen LogP contribution in [-0.4, -0.2) is 61.4 Å². The summed E-state index contributed by atoms with van der Waals surface area (Å²) in [5.74, 6) is 0. The van der Waals surface area contributed by atoms with Crippen molar-refractivity contribution in [1.29, 1.82) is 0 Å². The quantitative estimate of drug-likeness (QED) is 0.713. The Balaban J connectivity index is 1.60. The minimum absolute atomic E-state index is 0.00422. The molecule has 32 heavy (non-hydrogen) atoms. The van der Waals surface area contributed by atoms with Gasteiger partial charge in [-0.2, -0.15) is 5.10 Å². The van der Waals surface area contributed by atoms with Gasteiger partial charge in [0.15, 0.2) is 0 Å². The molecule has 2 aromatic heterocycles. The molecule has 3 aliphatic rings. The van der Waals surface area contributed by atoms with E-state index >= 15 is 0 Å². The highest BCUT2D eigenvalue weighted by Crippen LogP contribution is 2.41. The number of fused-ring (bicyclic) bond motifs is 3. The predicted octanol–water partition coefficient (Wildman–Crippen LogP) is 3.68. The molecule has 8 nitrogen and oxygen atoms in total. The molecule has 3 heterocycles. The van der Waals surface area contributed by atoms with Crippen molar-refractivity contribution < 1.29 is 9.90 Å². The Hall–Kier alpha value is -2.35. The maximum atomic E-state index is 12.9. The SMILES string of the molecule is CCN(CCn1nc([C@H]2CCCN2C2CCCC2)c2c3c(c(=O)[nH]c21)CCCC3)C(=O)O. The molecule has 0 radical (unpaired) electrons. The lowest BCUT2D eigenvalue weighted by Gasteiger charge is -2.30. The summed E-state index contributed by atoms with van der Waals surface area (Å²) < 4.78 is 1.87. The summed E-state index contributed by atoms with van der Waals surface area (Å²) in [4.78, 5) is 31.6. The lowest BCUT2D eigenvalue weighted by Crippen LogP contribution is -2.33. The summed E-state index contributed by atoms with van der Waals surface area (Å²) in [5, 5.41) is 15.7. The molecule has 1 amide bonds. The number of likely N-dealkylation sites (N-methyl/N-ethyl adjacent to an activating group) is 1. The van der Waals surface area contributed by atoms with Gasteiger partial charge in [0.2, 0.25) is 0 Å². The van der Waals surface area contributed by atoms with Gasteiger partial charge in [-0.25, -0.2) is 9.48 Å². The molecule has 0 aromatic carbocycles. The van der Waals surface area contributed by atoms with E-state index in [1.807, 2.05) is 11.6 Å². The van der Waals surface area contributed by atoms with Gasteiger partial charge in [0.1, 0.15) is 5.65 Å². The summed E-state index contributed by atoms with van der Waals surface area (Å²) in [6.07, 6.45) is 10.5. The van der Waals surface area contributed by atoms with Crippen molar-refractivity contribution in [3.05, 3.63) is 27.2 Å². The second kappa shape index (κ2) is 8.89. The number of aryl methyl sites for hydroxylation is 1. The zero-order chi connectivity index (χ0) is 22.2. The summed E-state index contributed by atoms with van der Waals surface area (Å²) in [7, 11) is 0. The van der Waals surface area contributed by atoms with Crippen molar-refractivity contribution in [1.82, 2.24) is 24.6 Å². The van der Waals surface area contributed by atoms with Gasteiger partial charge in [0, 0.05) is 30.1 Å². The molecular formula is C24H35N5O3. The summed E-state index contributed by atoms with van der Waals surface area (Å²) in [6, 6.07) is 0.935. The third kappa shape index (κ3) is 3.72. The first kappa shape index (κ1) is 21.5. The maximum Gasteiger partial charge on any atom is 0.407 e. The number of carbonyl (C=O) groups is 1. The number of rotatable bonds is 6. The number of amides is 1. The molecule has 174 valence electrons. The van der Waals surface area contributed by atoms with Crippen molar-refractivity contribution in [3.63, 3.8) is 0 Å². The average molecular weight is 442 g/mol. The molecular weight excluding hydrogens is 406 g/mol. The molecule has 8 heteroatoms. The average Bonchev–Trinajstić information content (AvgIpc) is 3.54. The number of H-pyrrole nitrogens is 1. The van der Waals surface area contributed by atoms with Crippen LogP contribution < -0.4 is 5.56 Å². The fourth-order valence-electron chi connectivity index (χ4n) is 6.27. The highest BCUT2D eigenvalue weighted by Gasteiger charge is 2.37. The van der Waals surface area contributed by atoms with Crippen molar-refractivity contribution in [3.8, 4) is 0 Å². The molecule has 1 saturated carbocycles. The molecule has 2 N–H and O–H groups in total. The fraction of sp³-hybridized carbons (Fsp3) is 0.708. The van der Waals surface area contributed by atoms with E-state index in [-0.39, 0.29) is 5.56 Å². The number of pyridine rings is 1. The lowest BCUT2D eigenvalue weighted by atomic mass is 9.89. The largest absolute Gasteiger partial charge is 0.465 e. The molecule has 0 unspecified atom stereocenters. The highest BCUT2D eigenvalue weighted by atomic mass is 16.4. The molecule has 5 rings (SSSR count). The van der Waals surface area contributed by atoms with Crippen molar-refractivity contribution in [2.24, 2.45) is 0 Å². The third-order valence-electron chi connectivity index (χ3n) is 7.89. The summed E-state index contributed by atoms with van der Waals surface area (Å²) in [6.45, 7) is 4.21. The number of nitrogens with zero attached hydrogens (tertiary/aromatic N) is 4. The Morgan fingerprint density at radius 2 is 1.88 bits per heavy atom. The van der Waals surface area contributed by atoms with Gasteiger partial charge in [-0.15, -0.1) is 0 Å². The van der Waals surface area contributed by atoms with Crippen molar-refractivity contribution in [2.45, 2.75) is 89.8 Å². The lowest BCUT2D eigenvalue weighted by molar-refractivity contribution is 0.145. The predicted molar refractivity (Wildman–Crippen MR) is 123 cm³/mol. The molecule has 1 atom stereocenters. The zero-order valence-electron chi connectivity index (χ0n) is 19.1. The van der Waals surface area contributed by atoms with Gasteiger partial charge in [-0.1, -0.05) is 12.8 Å². The molecule has 2 aromatic rings. The van der Waals surface area contributed by atoms with E-state index in [4.69, 9.17) is 5.10 Å². The molecule has 1 saturated heterocycles. The van der Waals surface area contributed by atoms with E-state index in [2.05, 4.69) is 9.88 Å². The Morgan fingerprint density at radius 3 is 2.59 bits per heavy atom. The first-order valence-corrected chi connectivity index (χ1v) is 12.5. The Kier molecular flexibility index (Phi) is 5.97. The van der Waals surface area contributed by atoms with Crippen LogP contribution in [0.15, 0.2) is 4.79 Å². The Morgan fingerprint density at radius 1 is 1.12 bits per heavy atom. The Labute approximate surface area is 188 Å². The monoisotopic (exact) mass is 441 g/mol. The van der Waals surface area contributed by atoms with Crippen molar-refractivity contribution >= 4 is 17.1 Å². The normalized spacial score (nSPS) is 22.0. The van der Waals surface area contributed by atoms with E-state index in [0.717, 1.165) is 60.9 Å². The number of likely N-dealkylation sites (tertiary alicyclic amines) is 1. The van der Waals surface area contributed by atoms with Crippen LogP contribution in [0.5, 0.6) is 0 Å². The standard InChI is InChI=1S/C24H35N5O3/c1-2-27(24(31)32)14-15-29-22-20(17-10-5-6-11-18(17)23(30)25-22)21(26-29)19-12-7-13-28(19)16-8-3-4-9-16/h16,19H,2-15H2,1H3,(H,25,30)(H,31,32)/t19-/m1/s1. The topological polar surface area (TPSA) is 94.5 Å². The number of aromatic amines is 1. The van der Waals surface area contributed by atoms with E-state index in [9.17, 15) is 14.7 Å². The van der Waals surface area contributed by atoms with Crippen molar-refractivity contribution in [2.75, 3.05) is 19.6 Å². The van der Waals surface area contributed by atoms with Crippen LogP contribution in [0, 0.1) is 0 Å². The van der Waals surface area contributed by atoms with Crippen LogP contribution in [0.2, 0.25) is 0 Å². The van der Waals surface area contributed by atoms with Gasteiger partial charge < -0.3 is 15.0 Å². The number of hydrogen-bond acceptors (Lipinski definition) is 4. The van der Waals surface area contributed by atoms with E-state index in [1.54, 1.807) is 0 Å². The summed E-state index contributed by atoms with van der Waals surface area (Å²) in [5.41, 5.74) is 4.03. The van der Waals surface area contributed by atoms with E-state index < -0.39 is 6.09 Å². The van der Waals surface area contributed by atoms with Crippen LogP contribution in [0.3, 0.4) is 0 Å². The number of carboxylic acid groups (broad SMARTS) is 1. The third-order valence-corrected chi connectivity index (χ3v) is 7.89. The molecule has 1 aliphatic heterocycles. The van der Waals surface area contributed by atoms with Crippen LogP contribution in [0.1, 0.15) is 81.2 Å². The number of aromatic nitrogens is 3. The van der Waals surface area contributed by atoms with Gasteiger partial charge in [0.25, 0.3) is 5.56 Å².